The highest BCUT2D eigenvalue weighted by molar-refractivity contribution is 9.10. The number of aromatic amines is 1. The van der Waals surface area contributed by atoms with E-state index in [4.69, 9.17) is 0 Å². The minimum absolute atomic E-state index is 0.280. The first-order valence-corrected chi connectivity index (χ1v) is 6.35. The van der Waals surface area contributed by atoms with E-state index in [1.165, 1.54) is 0 Å². The van der Waals surface area contributed by atoms with Crippen LogP contribution in [0.1, 0.15) is 35.9 Å². The van der Waals surface area contributed by atoms with E-state index in [0.29, 0.717) is 22.0 Å². The maximum atomic E-state index is 11.9. The van der Waals surface area contributed by atoms with E-state index >= 15 is 0 Å². The van der Waals surface area contributed by atoms with Gasteiger partial charge in [0.15, 0.2) is 5.82 Å². The fraction of sp³-hybridized carbons (Fsp3) is 0.250. The van der Waals surface area contributed by atoms with Crippen molar-refractivity contribution in [3.63, 3.8) is 0 Å². The summed E-state index contributed by atoms with van der Waals surface area (Å²) >= 11 is 3.23. The lowest BCUT2D eigenvalue weighted by atomic mass is 10.1. The zero-order valence-corrected chi connectivity index (χ0v) is 11.7. The first-order valence-electron chi connectivity index (χ1n) is 5.55. The molecule has 0 atom stereocenters. The minimum Gasteiger partial charge on any atom is -0.304 e. The number of hydrogen-bond donors (Lipinski definition) is 2. The van der Waals surface area contributed by atoms with Gasteiger partial charge in [-0.15, -0.1) is 0 Å². The molecule has 0 radical (unpaired) electrons. The number of hydrogen-bond acceptors (Lipinski definition) is 3. The Labute approximate surface area is 113 Å². The van der Waals surface area contributed by atoms with Crippen LogP contribution in [0.5, 0.6) is 0 Å². The van der Waals surface area contributed by atoms with Crippen molar-refractivity contribution in [3.8, 4) is 0 Å². The van der Waals surface area contributed by atoms with Crippen LogP contribution in [0.3, 0.4) is 0 Å². The van der Waals surface area contributed by atoms with E-state index in [0.717, 1.165) is 5.69 Å². The SMILES string of the molecule is CC(C)c1cc(NC(=O)c2cccc(Br)n2)n[nH]1. The van der Waals surface area contributed by atoms with Crippen molar-refractivity contribution < 1.29 is 4.79 Å². The molecule has 5 nitrogen and oxygen atoms in total. The zero-order chi connectivity index (χ0) is 13.1. The maximum absolute atomic E-state index is 11.9. The highest BCUT2D eigenvalue weighted by Crippen LogP contribution is 2.15. The van der Waals surface area contributed by atoms with Crippen LogP contribution in [0.25, 0.3) is 0 Å². The summed E-state index contributed by atoms with van der Waals surface area (Å²) in [4.78, 5) is 16.0. The Bertz CT molecular complexity index is 565. The first kappa shape index (κ1) is 12.8. The van der Waals surface area contributed by atoms with E-state index in [1.54, 1.807) is 18.2 Å². The van der Waals surface area contributed by atoms with E-state index in [2.05, 4.69) is 50.3 Å². The summed E-state index contributed by atoms with van der Waals surface area (Å²) in [5.41, 5.74) is 1.32. The number of carbonyl (C=O) groups is 1. The predicted octanol–water partition coefficient (Wildman–Crippen LogP) is 2.94. The lowest BCUT2D eigenvalue weighted by Crippen LogP contribution is -2.13. The fourth-order valence-electron chi connectivity index (χ4n) is 1.41. The summed E-state index contributed by atoms with van der Waals surface area (Å²) in [6, 6.07) is 6.99. The minimum atomic E-state index is -0.280. The summed E-state index contributed by atoms with van der Waals surface area (Å²) < 4.78 is 0.625. The second-order valence-corrected chi connectivity index (χ2v) is 4.98. The highest BCUT2D eigenvalue weighted by Gasteiger charge is 2.11. The topological polar surface area (TPSA) is 70.7 Å². The van der Waals surface area contributed by atoms with Crippen LogP contribution < -0.4 is 5.32 Å². The van der Waals surface area contributed by atoms with Crippen molar-refractivity contribution in [2.75, 3.05) is 5.32 Å². The number of rotatable bonds is 3. The van der Waals surface area contributed by atoms with E-state index in [9.17, 15) is 4.79 Å². The molecule has 2 aromatic heterocycles. The Morgan fingerprint density at radius 2 is 2.22 bits per heavy atom. The molecule has 1 amide bonds. The third-order valence-electron chi connectivity index (χ3n) is 2.41. The van der Waals surface area contributed by atoms with E-state index in [-0.39, 0.29) is 5.91 Å². The maximum Gasteiger partial charge on any atom is 0.275 e. The lowest BCUT2D eigenvalue weighted by molar-refractivity contribution is 0.102. The molecule has 2 aromatic rings. The van der Waals surface area contributed by atoms with Gasteiger partial charge in [0.05, 0.1) is 0 Å². The van der Waals surface area contributed by atoms with Gasteiger partial charge >= 0.3 is 0 Å². The predicted molar refractivity (Wildman–Crippen MR) is 72.6 cm³/mol. The van der Waals surface area contributed by atoms with Crippen molar-refractivity contribution in [2.24, 2.45) is 0 Å². The van der Waals surface area contributed by atoms with Crippen molar-refractivity contribution in [1.29, 1.82) is 0 Å². The van der Waals surface area contributed by atoms with Gasteiger partial charge in [0.1, 0.15) is 10.3 Å². The van der Waals surface area contributed by atoms with Gasteiger partial charge in [0, 0.05) is 11.8 Å². The number of anilines is 1. The Hall–Kier alpha value is -1.69. The van der Waals surface area contributed by atoms with Gasteiger partial charge in [-0.25, -0.2) is 4.98 Å². The Kier molecular flexibility index (Phi) is 3.76. The molecule has 6 heteroatoms. The molecule has 2 heterocycles. The molecule has 0 saturated heterocycles. The zero-order valence-electron chi connectivity index (χ0n) is 10.1. The molecular weight excluding hydrogens is 296 g/mol. The largest absolute Gasteiger partial charge is 0.304 e. The fourth-order valence-corrected chi connectivity index (χ4v) is 1.76. The summed E-state index contributed by atoms with van der Waals surface area (Å²) in [5, 5.41) is 9.60. The Morgan fingerprint density at radius 3 is 2.83 bits per heavy atom. The number of nitrogens with zero attached hydrogens (tertiary/aromatic N) is 2. The van der Waals surface area contributed by atoms with Crippen LogP contribution in [-0.4, -0.2) is 21.1 Å². The molecule has 0 saturated carbocycles. The number of H-pyrrole nitrogens is 1. The monoisotopic (exact) mass is 308 g/mol. The number of nitrogens with one attached hydrogen (secondary N) is 2. The van der Waals surface area contributed by atoms with Gasteiger partial charge in [0.2, 0.25) is 0 Å². The smallest absolute Gasteiger partial charge is 0.275 e. The molecule has 18 heavy (non-hydrogen) atoms. The number of halogens is 1. The van der Waals surface area contributed by atoms with Gasteiger partial charge in [-0.05, 0) is 34.0 Å². The average Bonchev–Trinajstić information content (AvgIpc) is 2.77. The summed E-state index contributed by atoms with van der Waals surface area (Å²) in [7, 11) is 0. The normalized spacial score (nSPS) is 10.7. The molecule has 94 valence electrons. The summed E-state index contributed by atoms with van der Waals surface area (Å²) in [5.74, 6) is 0.565. The number of amides is 1. The number of pyridine rings is 1. The molecule has 0 aliphatic heterocycles. The van der Waals surface area contributed by atoms with Gasteiger partial charge in [-0.2, -0.15) is 5.10 Å². The van der Waals surface area contributed by atoms with Crippen LogP contribution in [0.4, 0.5) is 5.82 Å². The molecule has 0 spiro atoms. The van der Waals surface area contributed by atoms with Gasteiger partial charge in [0.25, 0.3) is 5.91 Å². The molecular formula is C12H13BrN4O. The first-order chi connectivity index (χ1) is 8.56. The number of carbonyl (C=O) groups excluding carboxylic acids is 1. The van der Waals surface area contributed by atoms with Crippen LogP contribution in [0, 0.1) is 0 Å². The molecule has 0 unspecified atom stereocenters. The van der Waals surface area contributed by atoms with Crippen molar-refractivity contribution in [1.82, 2.24) is 15.2 Å². The van der Waals surface area contributed by atoms with Gasteiger partial charge < -0.3 is 5.32 Å². The quantitative estimate of drug-likeness (QED) is 0.856. The summed E-state index contributed by atoms with van der Waals surface area (Å²) in [6.07, 6.45) is 0. The second-order valence-electron chi connectivity index (χ2n) is 4.16. The third kappa shape index (κ3) is 2.95. The van der Waals surface area contributed by atoms with E-state index < -0.39 is 0 Å². The number of aromatic nitrogens is 3. The molecule has 0 fully saturated rings. The second kappa shape index (κ2) is 5.30. The Morgan fingerprint density at radius 1 is 1.44 bits per heavy atom. The van der Waals surface area contributed by atoms with Gasteiger partial charge in [-0.3, -0.25) is 9.89 Å². The molecule has 0 aliphatic rings. The van der Waals surface area contributed by atoms with Crippen LogP contribution in [0.15, 0.2) is 28.9 Å². The molecule has 2 N–H and O–H groups in total. The molecule has 0 aromatic carbocycles. The summed E-state index contributed by atoms with van der Waals surface area (Å²) in [6.45, 7) is 4.10. The Balaban J connectivity index is 2.11. The standard InChI is InChI=1S/C12H13BrN4O/c1-7(2)9-6-11(17-16-9)15-12(18)8-4-3-5-10(13)14-8/h3-7H,1-2H3,(H2,15,16,17,18). The molecule has 0 aliphatic carbocycles. The van der Waals surface area contributed by atoms with Crippen molar-refractivity contribution >= 4 is 27.7 Å². The highest BCUT2D eigenvalue weighted by atomic mass is 79.9. The molecule has 2 rings (SSSR count). The van der Waals surface area contributed by atoms with Crippen LogP contribution in [-0.2, 0) is 0 Å². The third-order valence-corrected chi connectivity index (χ3v) is 2.85. The molecule has 0 bridgehead atoms. The van der Waals surface area contributed by atoms with Crippen LogP contribution in [0.2, 0.25) is 0 Å². The van der Waals surface area contributed by atoms with Crippen molar-refractivity contribution in [3.05, 3.63) is 40.3 Å². The van der Waals surface area contributed by atoms with Crippen LogP contribution >= 0.6 is 15.9 Å². The average molecular weight is 309 g/mol. The van der Waals surface area contributed by atoms with Crippen molar-refractivity contribution in [2.45, 2.75) is 19.8 Å². The lowest BCUT2D eigenvalue weighted by Gasteiger charge is -2.01. The van der Waals surface area contributed by atoms with Gasteiger partial charge in [-0.1, -0.05) is 19.9 Å². The van der Waals surface area contributed by atoms with E-state index in [1.807, 2.05) is 6.07 Å².